The fraction of sp³-hybridized carbons (Fsp3) is 0. The van der Waals surface area contributed by atoms with Crippen molar-refractivity contribution in [1.82, 2.24) is 4.57 Å². The molecule has 0 radical (unpaired) electrons. The van der Waals surface area contributed by atoms with Crippen LogP contribution >= 0.6 is 0 Å². The summed E-state index contributed by atoms with van der Waals surface area (Å²) in [4.78, 5) is 10.7. The van der Waals surface area contributed by atoms with Gasteiger partial charge >= 0.3 is 5.56 Å². The second kappa shape index (κ2) is 4.00. The van der Waals surface area contributed by atoms with Gasteiger partial charge in [0, 0.05) is 6.07 Å². The highest BCUT2D eigenvalue weighted by Gasteiger charge is 1.91. The van der Waals surface area contributed by atoms with E-state index in [1.54, 1.807) is 18.3 Å². The van der Waals surface area contributed by atoms with Gasteiger partial charge in [0.1, 0.15) is 0 Å². The molecular weight excluding hydrogens is 196 g/mol. The van der Waals surface area contributed by atoms with Crippen LogP contribution in [-0.2, 0) is 0 Å². The van der Waals surface area contributed by atoms with E-state index in [0.717, 1.165) is 0 Å². The first kappa shape index (κ1) is 9.10. The van der Waals surface area contributed by atoms with Gasteiger partial charge in [-0.1, -0.05) is 6.07 Å². The molecule has 2 N–H and O–H groups in total. The molecule has 0 fully saturated rings. The maximum absolute atomic E-state index is 10.7. The van der Waals surface area contributed by atoms with Crippen molar-refractivity contribution in [2.24, 2.45) is 0 Å². The van der Waals surface area contributed by atoms with E-state index in [-0.39, 0.29) is 22.5 Å². The van der Waals surface area contributed by atoms with Crippen molar-refractivity contribution < 1.29 is 22.4 Å². The molecule has 0 aromatic carbocycles. The van der Waals surface area contributed by atoms with E-state index >= 15 is 0 Å². The molecule has 0 saturated heterocycles. The molecule has 0 saturated carbocycles. The zero-order valence-electron chi connectivity index (χ0n) is 5.20. The average Bonchev–Trinajstić information content (AvgIpc) is 1.89. The maximum Gasteiger partial charge on any atom is 0.338 e. The minimum absolute atomic E-state index is 0. The Kier molecular flexibility index (Phi) is 3.64. The first-order valence-corrected chi connectivity index (χ1v) is 2.57. The van der Waals surface area contributed by atoms with E-state index in [4.69, 9.17) is 5.41 Å². The summed E-state index contributed by atoms with van der Waals surface area (Å²) in [5.41, 5.74) is -0.111. The van der Waals surface area contributed by atoms with Crippen LogP contribution in [0.25, 0.3) is 0 Å². The van der Waals surface area contributed by atoms with Crippen molar-refractivity contribution >= 4 is 6.34 Å². The number of nitrogens with zero attached hydrogens (tertiary/aromatic N) is 1. The van der Waals surface area contributed by atoms with Crippen molar-refractivity contribution in [2.75, 3.05) is 0 Å². The molecule has 3 nitrogen and oxygen atoms in total. The fourth-order valence-corrected chi connectivity index (χ4v) is 0.563. The van der Waals surface area contributed by atoms with Crippen LogP contribution in [0.2, 0.25) is 0 Å². The Hall–Kier alpha value is -0.900. The molecule has 1 aromatic heterocycles. The molecular formula is C6H7BrN2O. The van der Waals surface area contributed by atoms with Gasteiger partial charge < -0.3 is 17.0 Å². The van der Waals surface area contributed by atoms with E-state index in [1.165, 1.54) is 17.0 Å². The lowest BCUT2D eigenvalue weighted by Gasteiger charge is -1.82. The summed E-state index contributed by atoms with van der Waals surface area (Å²) < 4.78 is 1.31. The number of hydrogen-bond acceptors (Lipinski definition) is 1. The highest BCUT2D eigenvalue weighted by Crippen LogP contribution is 1.73. The van der Waals surface area contributed by atoms with E-state index in [2.05, 4.69) is 0 Å². The summed E-state index contributed by atoms with van der Waals surface area (Å²) in [7, 11) is 0. The van der Waals surface area contributed by atoms with Gasteiger partial charge in [-0.3, -0.25) is 5.41 Å². The number of nitrogens with two attached hydrogens (primary N) is 1. The Morgan fingerprint density at radius 3 is 2.60 bits per heavy atom. The minimum Gasteiger partial charge on any atom is -1.00 e. The number of hydrogen-bond donors (Lipinski definition) is 1. The van der Waals surface area contributed by atoms with Crippen LogP contribution in [0.3, 0.4) is 0 Å². The van der Waals surface area contributed by atoms with E-state index in [9.17, 15) is 4.79 Å². The zero-order chi connectivity index (χ0) is 6.69. The van der Waals surface area contributed by atoms with Crippen molar-refractivity contribution in [3.05, 3.63) is 34.7 Å². The van der Waals surface area contributed by atoms with Gasteiger partial charge in [0.2, 0.25) is 6.34 Å². The summed E-state index contributed by atoms with van der Waals surface area (Å²) in [6.07, 6.45) is 2.82. The predicted octanol–water partition coefficient (Wildman–Crippen LogP) is -4.51. The van der Waals surface area contributed by atoms with E-state index in [1.807, 2.05) is 0 Å². The average molecular weight is 203 g/mol. The van der Waals surface area contributed by atoms with Crippen molar-refractivity contribution in [1.29, 1.82) is 0 Å². The van der Waals surface area contributed by atoms with Gasteiger partial charge in [-0.25, -0.2) is 4.79 Å². The van der Waals surface area contributed by atoms with Crippen LogP contribution < -0.4 is 28.0 Å². The van der Waals surface area contributed by atoms with Crippen LogP contribution in [0.4, 0.5) is 0 Å². The zero-order valence-corrected chi connectivity index (χ0v) is 6.78. The van der Waals surface area contributed by atoms with Gasteiger partial charge in [0.25, 0.3) is 0 Å². The molecule has 54 valence electrons. The molecule has 0 spiro atoms. The number of pyridine rings is 1. The number of halogens is 1. The summed E-state index contributed by atoms with van der Waals surface area (Å²) in [5, 5.41) is 5.09. The summed E-state index contributed by atoms with van der Waals surface area (Å²) in [5.74, 6) is 0. The Balaban J connectivity index is 0.000000810. The molecule has 4 heteroatoms. The van der Waals surface area contributed by atoms with Gasteiger partial charge in [0.05, 0.1) is 6.20 Å². The smallest absolute Gasteiger partial charge is 0.338 e. The second-order valence-corrected chi connectivity index (χ2v) is 1.60. The quantitative estimate of drug-likeness (QED) is 0.363. The Labute approximate surface area is 68.6 Å². The van der Waals surface area contributed by atoms with Crippen LogP contribution in [0.15, 0.2) is 29.2 Å². The summed E-state index contributed by atoms with van der Waals surface area (Å²) in [6, 6.07) is 4.86. The molecule has 0 amide bonds. The van der Waals surface area contributed by atoms with Crippen molar-refractivity contribution in [2.45, 2.75) is 0 Å². The number of rotatable bonds is 1. The molecule has 0 atom stereocenters. The molecule has 0 aliphatic carbocycles. The first-order valence-electron chi connectivity index (χ1n) is 2.57. The van der Waals surface area contributed by atoms with E-state index < -0.39 is 0 Å². The third-order valence-corrected chi connectivity index (χ3v) is 1.01. The lowest BCUT2D eigenvalue weighted by atomic mass is 10.5. The van der Waals surface area contributed by atoms with Crippen LogP contribution in [0.5, 0.6) is 0 Å². The van der Waals surface area contributed by atoms with Gasteiger partial charge in [0.15, 0.2) is 0 Å². The van der Waals surface area contributed by atoms with Crippen LogP contribution in [0.1, 0.15) is 0 Å². The Morgan fingerprint density at radius 1 is 1.50 bits per heavy atom. The molecule has 0 aliphatic rings. The molecule has 0 bridgehead atoms. The van der Waals surface area contributed by atoms with Crippen molar-refractivity contribution in [3.8, 4) is 0 Å². The second-order valence-electron chi connectivity index (χ2n) is 1.60. The topological polar surface area (TPSA) is 47.6 Å². The fourth-order valence-electron chi connectivity index (χ4n) is 0.563. The third kappa shape index (κ3) is 1.80. The SMILES string of the molecule is [Br-].[NH2+]=Cn1ccccc1=O. The lowest BCUT2D eigenvalue weighted by Crippen LogP contribution is -3.00. The monoisotopic (exact) mass is 202 g/mol. The molecule has 0 aliphatic heterocycles. The first-order chi connectivity index (χ1) is 4.34. The Bertz CT molecular complexity index is 268. The maximum atomic E-state index is 10.7. The standard InChI is InChI=1S/C6H6N2O.BrH/c7-5-8-4-2-1-3-6(8)9;/h1-5,7H;1H. The molecule has 1 heterocycles. The minimum atomic E-state index is -0.111. The normalized spacial score (nSPS) is 8.00. The van der Waals surface area contributed by atoms with Gasteiger partial charge in [-0.15, -0.1) is 0 Å². The Morgan fingerprint density at radius 2 is 2.20 bits per heavy atom. The third-order valence-electron chi connectivity index (χ3n) is 1.01. The van der Waals surface area contributed by atoms with Gasteiger partial charge in [-0.05, 0) is 6.07 Å². The van der Waals surface area contributed by atoms with Gasteiger partial charge in [-0.2, -0.15) is 4.57 Å². The highest BCUT2D eigenvalue weighted by atomic mass is 79.9. The highest BCUT2D eigenvalue weighted by molar-refractivity contribution is 5.50. The molecule has 1 aromatic rings. The lowest BCUT2D eigenvalue weighted by molar-refractivity contribution is -0.109. The molecule has 1 rings (SSSR count). The summed E-state index contributed by atoms with van der Waals surface area (Å²) >= 11 is 0. The largest absolute Gasteiger partial charge is 1.00 e. The van der Waals surface area contributed by atoms with Crippen LogP contribution in [0, 0.1) is 0 Å². The van der Waals surface area contributed by atoms with Crippen molar-refractivity contribution in [3.63, 3.8) is 0 Å². The summed E-state index contributed by atoms with van der Waals surface area (Å²) in [6.45, 7) is 0. The number of aromatic nitrogens is 1. The molecule has 10 heavy (non-hydrogen) atoms. The molecule has 0 unspecified atom stereocenters. The predicted molar refractivity (Wildman–Crippen MR) is 34.1 cm³/mol. The van der Waals surface area contributed by atoms with E-state index in [0.29, 0.717) is 0 Å². The van der Waals surface area contributed by atoms with Crippen LogP contribution in [-0.4, -0.2) is 10.9 Å².